The molecule has 20 heavy (non-hydrogen) atoms. The number of hydrogen-bond acceptors (Lipinski definition) is 4. The summed E-state index contributed by atoms with van der Waals surface area (Å²) in [6.07, 6.45) is 2.47. The normalized spacial score (nSPS) is 31.3. The SMILES string of the molecule is C=CCN1C(=NC(=O)[C@H](C)CC)S[C@H]2CS(=O)(=O)C[C@@H]21. The summed E-state index contributed by atoms with van der Waals surface area (Å²) < 4.78 is 23.4. The third kappa shape index (κ3) is 3.09. The standard InChI is InChI=1S/C13H20N2O3S2/c1-4-6-15-10-7-20(17,18)8-11(10)19-13(15)14-12(16)9(3)5-2/h4,9-11H,1,5-8H2,2-3H3/t9-,10+,11+/m1/s1. The van der Waals surface area contributed by atoms with Gasteiger partial charge in [-0.1, -0.05) is 31.7 Å². The van der Waals surface area contributed by atoms with Crippen LogP contribution in [0.15, 0.2) is 17.6 Å². The molecule has 2 heterocycles. The van der Waals surface area contributed by atoms with Gasteiger partial charge in [0.05, 0.1) is 17.5 Å². The number of aliphatic imine (C=N–C) groups is 1. The van der Waals surface area contributed by atoms with Crippen LogP contribution < -0.4 is 0 Å². The van der Waals surface area contributed by atoms with E-state index >= 15 is 0 Å². The van der Waals surface area contributed by atoms with Crippen LogP contribution in [0.5, 0.6) is 0 Å². The molecule has 7 heteroatoms. The van der Waals surface area contributed by atoms with Gasteiger partial charge in [0.25, 0.3) is 5.91 Å². The van der Waals surface area contributed by atoms with Crippen LogP contribution in [-0.2, 0) is 14.6 Å². The van der Waals surface area contributed by atoms with Crippen LogP contribution in [0.3, 0.4) is 0 Å². The van der Waals surface area contributed by atoms with Crippen LogP contribution in [0, 0.1) is 5.92 Å². The second-order valence-electron chi connectivity index (χ2n) is 5.28. The van der Waals surface area contributed by atoms with E-state index in [9.17, 15) is 13.2 Å². The van der Waals surface area contributed by atoms with Gasteiger partial charge in [0.15, 0.2) is 15.0 Å². The molecule has 0 unspecified atom stereocenters. The Bertz CT molecular complexity index is 542. The maximum Gasteiger partial charge on any atom is 0.250 e. The molecule has 0 aromatic carbocycles. The largest absolute Gasteiger partial charge is 0.342 e. The van der Waals surface area contributed by atoms with Crippen molar-refractivity contribution in [1.82, 2.24) is 4.90 Å². The van der Waals surface area contributed by atoms with E-state index < -0.39 is 9.84 Å². The Morgan fingerprint density at radius 1 is 1.60 bits per heavy atom. The first-order valence-electron chi connectivity index (χ1n) is 6.75. The quantitative estimate of drug-likeness (QED) is 0.732. The lowest BCUT2D eigenvalue weighted by Crippen LogP contribution is -2.37. The highest BCUT2D eigenvalue weighted by Crippen LogP contribution is 2.38. The van der Waals surface area contributed by atoms with Crippen LogP contribution in [0.4, 0.5) is 0 Å². The molecule has 3 atom stereocenters. The van der Waals surface area contributed by atoms with Gasteiger partial charge in [0.2, 0.25) is 0 Å². The Kier molecular flexibility index (Phi) is 4.59. The molecular formula is C13H20N2O3S2. The fourth-order valence-corrected chi connectivity index (χ4v) is 6.33. The minimum absolute atomic E-state index is 0.0107. The summed E-state index contributed by atoms with van der Waals surface area (Å²) in [4.78, 5) is 18.1. The minimum atomic E-state index is -2.97. The maximum atomic E-state index is 12.0. The van der Waals surface area contributed by atoms with Gasteiger partial charge in [-0.25, -0.2) is 8.42 Å². The van der Waals surface area contributed by atoms with Crippen molar-refractivity contribution in [3.05, 3.63) is 12.7 Å². The van der Waals surface area contributed by atoms with Crippen molar-refractivity contribution >= 4 is 32.7 Å². The zero-order chi connectivity index (χ0) is 14.9. The lowest BCUT2D eigenvalue weighted by atomic mass is 10.1. The second kappa shape index (κ2) is 5.89. The van der Waals surface area contributed by atoms with Gasteiger partial charge in [-0.15, -0.1) is 6.58 Å². The van der Waals surface area contributed by atoms with Gasteiger partial charge in [0.1, 0.15) is 0 Å². The Morgan fingerprint density at radius 2 is 2.30 bits per heavy atom. The predicted octanol–water partition coefficient (Wildman–Crippen LogP) is 1.32. The lowest BCUT2D eigenvalue weighted by molar-refractivity contribution is -0.121. The van der Waals surface area contributed by atoms with Crippen LogP contribution in [0.1, 0.15) is 20.3 Å². The number of fused-ring (bicyclic) bond motifs is 1. The van der Waals surface area contributed by atoms with E-state index in [0.717, 1.165) is 6.42 Å². The molecule has 1 amide bonds. The summed E-state index contributed by atoms with van der Waals surface area (Å²) in [7, 11) is -2.97. The molecular weight excluding hydrogens is 296 g/mol. The van der Waals surface area contributed by atoms with Gasteiger partial charge < -0.3 is 4.90 Å². The van der Waals surface area contributed by atoms with Gasteiger partial charge in [-0.2, -0.15) is 4.99 Å². The Morgan fingerprint density at radius 3 is 2.90 bits per heavy atom. The first-order valence-corrected chi connectivity index (χ1v) is 9.45. The lowest BCUT2D eigenvalue weighted by Gasteiger charge is -2.22. The zero-order valence-electron chi connectivity index (χ0n) is 11.8. The molecule has 2 aliphatic heterocycles. The molecule has 0 radical (unpaired) electrons. The molecule has 0 spiro atoms. The number of hydrogen-bond donors (Lipinski definition) is 0. The Labute approximate surface area is 124 Å². The Balaban J connectivity index is 2.22. The predicted molar refractivity (Wildman–Crippen MR) is 82.6 cm³/mol. The first-order chi connectivity index (χ1) is 9.38. The number of rotatable bonds is 4. The van der Waals surface area contributed by atoms with Crippen LogP contribution in [-0.4, -0.2) is 53.7 Å². The summed E-state index contributed by atoms with van der Waals surface area (Å²) in [6.45, 7) is 8.03. The van der Waals surface area contributed by atoms with E-state index in [0.29, 0.717) is 11.7 Å². The molecule has 0 bridgehead atoms. The number of nitrogens with zero attached hydrogens (tertiary/aromatic N) is 2. The Hall–Kier alpha value is -0.820. The summed E-state index contributed by atoms with van der Waals surface area (Å²) in [6, 6.07) is -0.0773. The van der Waals surface area contributed by atoms with Crippen molar-refractivity contribution in [2.24, 2.45) is 10.9 Å². The molecule has 112 valence electrons. The van der Waals surface area contributed by atoms with Gasteiger partial charge in [0, 0.05) is 17.7 Å². The molecule has 0 saturated carbocycles. The van der Waals surface area contributed by atoms with Crippen molar-refractivity contribution in [3.63, 3.8) is 0 Å². The number of carbonyl (C=O) groups excluding carboxylic acids is 1. The minimum Gasteiger partial charge on any atom is -0.342 e. The number of amidine groups is 1. The smallest absolute Gasteiger partial charge is 0.250 e. The van der Waals surface area contributed by atoms with Gasteiger partial charge in [-0.3, -0.25) is 4.79 Å². The summed E-state index contributed by atoms with van der Waals surface area (Å²) in [5, 5.41) is 0.642. The number of amides is 1. The molecule has 0 aromatic heterocycles. The maximum absolute atomic E-state index is 12.0. The number of carbonyl (C=O) groups is 1. The van der Waals surface area contributed by atoms with Crippen molar-refractivity contribution in [3.8, 4) is 0 Å². The molecule has 2 aliphatic rings. The van der Waals surface area contributed by atoms with Crippen molar-refractivity contribution in [2.75, 3.05) is 18.1 Å². The zero-order valence-corrected chi connectivity index (χ0v) is 13.4. The molecule has 0 aliphatic carbocycles. The van der Waals surface area contributed by atoms with Crippen LogP contribution in [0.25, 0.3) is 0 Å². The summed E-state index contributed by atoms with van der Waals surface area (Å²) >= 11 is 1.42. The third-order valence-corrected chi connectivity index (χ3v) is 6.99. The number of thioether (sulfide) groups is 1. The first kappa shape index (κ1) is 15.6. The molecule has 2 saturated heterocycles. The second-order valence-corrected chi connectivity index (χ2v) is 8.64. The summed E-state index contributed by atoms with van der Waals surface area (Å²) in [5.41, 5.74) is 0. The molecule has 0 N–H and O–H groups in total. The molecule has 2 fully saturated rings. The van der Waals surface area contributed by atoms with E-state index in [1.807, 2.05) is 18.7 Å². The fourth-order valence-electron chi connectivity index (χ4n) is 2.37. The van der Waals surface area contributed by atoms with Gasteiger partial charge >= 0.3 is 0 Å². The summed E-state index contributed by atoms with van der Waals surface area (Å²) in [5.74, 6) is 0.0893. The average molecular weight is 316 g/mol. The van der Waals surface area contributed by atoms with Crippen molar-refractivity contribution < 1.29 is 13.2 Å². The third-order valence-electron chi connectivity index (χ3n) is 3.74. The van der Waals surface area contributed by atoms with E-state index in [1.54, 1.807) is 6.08 Å². The number of sulfone groups is 1. The van der Waals surface area contributed by atoms with Crippen molar-refractivity contribution in [2.45, 2.75) is 31.6 Å². The fraction of sp³-hybridized carbons (Fsp3) is 0.692. The van der Waals surface area contributed by atoms with Gasteiger partial charge in [-0.05, 0) is 6.42 Å². The highest BCUT2D eigenvalue weighted by Gasteiger charge is 2.48. The van der Waals surface area contributed by atoms with E-state index in [1.165, 1.54) is 11.8 Å². The van der Waals surface area contributed by atoms with Crippen molar-refractivity contribution in [1.29, 1.82) is 0 Å². The van der Waals surface area contributed by atoms with E-state index in [-0.39, 0.29) is 34.6 Å². The highest BCUT2D eigenvalue weighted by atomic mass is 32.2. The van der Waals surface area contributed by atoms with Crippen LogP contribution >= 0.6 is 11.8 Å². The highest BCUT2D eigenvalue weighted by molar-refractivity contribution is 8.15. The average Bonchev–Trinajstić information content (AvgIpc) is 2.82. The molecule has 2 rings (SSSR count). The van der Waals surface area contributed by atoms with Crippen LogP contribution in [0.2, 0.25) is 0 Å². The topological polar surface area (TPSA) is 66.8 Å². The monoisotopic (exact) mass is 316 g/mol. The van der Waals surface area contributed by atoms with E-state index in [4.69, 9.17) is 0 Å². The molecule has 0 aromatic rings. The molecule has 5 nitrogen and oxygen atoms in total. The van der Waals surface area contributed by atoms with E-state index in [2.05, 4.69) is 11.6 Å².